The molecule has 3 aromatic rings. The number of aromatic amines is 1. The molecule has 4 rings (SSSR count). The van der Waals surface area contributed by atoms with Crippen LogP contribution >= 0.6 is 0 Å². The Morgan fingerprint density at radius 2 is 2.05 bits per heavy atom. The minimum absolute atomic E-state index is 0.0515. The summed E-state index contributed by atoms with van der Waals surface area (Å²) < 4.78 is 1.79. The van der Waals surface area contributed by atoms with Crippen LogP contribution in [0.4, 0.5) is 0 Å². The number of hydrogen-bond acceptors (Lipinski definition) is 4. The molecule has 2 N–H and O–H groups in total. The number of nitrogens with zero attached hydrogens (tertiary/aromatic N) is 3. The molecule has 0 saturated carbocycles. The Bertz CT molecular complexity index is 847. The van der Waals surface area contributed by atoms with E-state index < -0.39 is 0 Å². The summed E-state index contributed by atoms with van der Waals surface area (Å²) in [4.78, 5) is 17.2. The summed E-state index contributed by atoms with van der Waals surface area (Å²) in [6, 6.07) is 6.00. The number of benzene rings is 1. The van der Waals surface area contributed by atoms with Crippen molar-refractivity contribution in [2.75, 3.05) is 13.1 Å². The first kappa shape index (κ1) is 13.2. The van der Waals surface area contributed by atoms with Gasteiger partial charge in [0.1, 0.15) is 0 Å². The normalized spacial score (nSPS) is 16.2. The summed E-state index contributed by atoms with van der Waals surface area (Å²) in [7, 11) is 0. The monoisotopic (exact) mass is 295 g/mol. The molecule has 22 heavy (non-hydrogen) atoms. The van der Waals surface area contributed by atoms with E-state index in [1.54, 1.807) is 17.1 Å². The number of aromatic nitrogens is 4. The van der Waals surface area contributed by atoms with Crippen molar-refractivity contribution >= 4 is 10.9 Å². The van der Waals surface area contributed by atoms with Gasteiger partial charge in [0.25, 0.3) is 5.56 Å². The van der Waals surface area contributed by atoms with E-state index in [-0.39, 0.29) is 11.6 Å². The molecule has 0 spiro atoms. The number of fused-ring (bicyclic) bond motifs is 1. The first-order valence-corrected chi connectivity index (χ1v) is 7.54. The SMILES string of the molecule is O=c1c2ccc(-c3cn[nH]c3)cc2ncn1C1CCNCC1. The van der Waals surface area contributed by atoms with Crippen LogP contribution in [0.5, 0.6) is 0 Å². The quantitative estimate of drug-likeness (QED) is 0.754. The lowest BCUT2D eigenvalue weighted by molar-refractivity contribution is 0.359. The van der Waals surface area contributed by atoms with Crippen LogP contribution < -0.4 is 10.9 Å². The third-order valence-corrected chi connectivity index (χ3v) is 4.32. The smallest absolute Gasteiger partial charge is 0.261 e. The highest BCUT2D eigenvalue weighted by Crippen LogP contribution is 2.22. The molecule has 3 heterocycles. The van der Waals surface area contributed by atoms with Crippen LogP contribution in [0.2, 0.25) is 0 Å². The van der Waals surface area contributed by atoms with Crippen molar-refractivity contribution in [3.63, 3.8) is 0 Å². The van der Waals surface area contributed by atoms with E-state index in [0.29, 0.717) is 5.39 Å². The topological polar surface area (TPSA) is 75.6 Å². The van der Waals surface area contributed by atoms with E-state index in [0.717, 1.165) is 42.6 Å². The van der Waals surface area contributed by atoms with Gasteiger partial charge < -0.3 is 5.32 Å². The molecule has 6 heteroatoms. The Balaban J connectivity index is 1.79. The Labute approximate surface area is 127 Å². The molecule has 0 amide bonds. The second-order valence-corrected chi connectivity index (χ2v) is 5.66. The van der Waals surface area contributed by atoms with Gasteiger partial charge in [0.2, 0.25) is 0 Å². The van der Waals surface area contributed by atoms with Gasteiger partial charge in [-0.25, -0.2) is 4.98 Å². The zero-order valence-corrected chi connectivity index (χ0v) is 12.1. The van der Waals surface area contributed by atoms with Crippen LogP contribution in [0.3, 0.4) is 0 Å². The molecule has 0 radical (unpaired) electrons. The summed E-state index contributed by atoms with van der Waals surface area (Å²) in [6.45, 7) is 1.91. The number of hydrogen-bond donors (Lipinski definition) is 2. The van der Waals surface area contributed by atoms with Crippen LogP contribution in [-0.4, -0.2) is 32.8 Å². The van der Waals surface area contributed by atoms with E-state index in [1.165, 1.54) is 0 Å². The Kier molecular flexibility index (Phi) is 3.23. The predicted octanol–water partition coefficient (Wildman–Crippen LogP) is 1.71. The molecule has 0 bridgehead atoms. The van der Waals surface area contributed by atoms with Crippen molar-refractivity contribution in [3.8, 4) is 11.1 Å². The summed E-state index contributed by atoms with van der Waals surface area (Å²) in [5, 5.41) is 10.7. The summed E-state index contributed by atoms with van der Waals surface area (Å²) >= 11 is 0. The highest BCUT2D eigenvalue weighted by molar-refractivity contribution is 5.83. The van der Waals surface area contributed by atoms with Gasteiger partial charge in [-0.05, 0) is 43.6 Å². The number of piperidine rings is 1. The maximum Gasteiger partial charge on any atom is 0.261 e. The second kappa shape index (κ2) is 5.38. The maximum absolute atomic E-state index is 12.7. The van der Waals surface area contributed by atoms with Crippen LogP contribution in [0, 0.1) is 0 Å². The third kappa shape index (κ3) is 2.21. The highest BCUT2D eigenvalue weighted by atomic mass is 16.1. The van der Waals surface area contributed by atoms with Crippen molar-refractivity contribution in [1.82, 2.24) is 25.1 Å². The first-order chi connectivity index (χ1) is 10.8. The van der Waals surface area contributed by atoms with Crippen molar-refractivity contribution in [1.29, 1.82) is 0 Å². The molecule has 6 nitrogen and oxygen atoms in total. The highest BCUT2D eigenvalue weighted by Gasteiger charge is 2.17. The average molecular weight is 295 g/mol. The van der Waals surface area contributed by atoms with Gasteiger partial charge in [0.15, 0.2) is 0 Å². The van der Waals surface area contributed by atoms with E-state index in [1.807, 2.05) is 24.4 Å². The average Bonchev–Trinajstić information content (AvgIpc) is 3.10. The standard InChI is InChI=1S/C16H17N5O/c22-16-14-2-1-11(12-8-19-20-9-12)7-15(14)18-10-21(16)13-3-5-17-6-4-13/h1-2,7-10,13,17H,3-6H2,(H,19,20). The molecule has 0 atom stereocenters. The molecule has 0 aliphatic carbocycles. The maximum atomic E-state index is 12.7. The number of rotatable bonds is 2. The summed E-state index contributed by atoms with van der Waals surface area (Å²) in [5.74, 6) is 0. The van der Waals surface area contributed by atoms with Crippen LogP contribution in [0.15, 0.2) is 41.7 Å². The zero-order chi connectivity index (χ0) is 14.9. The summed E-state index contributed by atoms with van der Waals surface area (Å²) in [6.07, 6.45) is 7.23. The zero-order valence-electron chi connectivity index (χ0n) is 12.1. The molecule has 2 aromatic heterocycles. The van der Waals surface area contributed by atoms with Crippen molar-refractivity contribution in [2.45, 2.75) is 18.9 Å². The lowest BCUT2D eigenvalue weighted by Gasteiger charge is -2.24. The van der Waals surface area contributed by atoms with Crippen molar-refractivity contribution in [2.24, 2.45) is 0 Å². The van der Waals surface area contributed by atoms with E-state index in [9.17, 15) is 4.79 Å². The van der Waals surface area contributed by atoms with Gasteiger partial charge in [-0.1, -0.05) is 6.07 Å². The summed E-state index contributed by atoms with van der Waals surface area (Å²) in [5.41, 5.74) is 2.78. The molecule has 1 saturated heterocycles. The Hall–Kier alpha value is -2.47. The Morgan fingerprint density at radius 3 is 2.82 bits per heavy atom. The molecule has 112 valence electrons. The molecule has 1 aliphatic heterocycles. The third-order valence-electron chi connectivity index (χ3n) is 4.32. The van der Waals surface area contributed by atoms with Gasteiger partial charge in [0.05, 0.1) is 23.4 Å². The molecule has 1 fully saturated rings. The molecule has 0 unspecified atom stereocenters. The van der Waals surface area contributed by atoms with Gasteiger partial charge in [-0.2, -0.15) is 5.10 Å². The first-order valence-electron chi connectivity index (χ1n) is 7.54. The lowest BCUT2D eigenvalue weighted by Crippen LogP contribution is -2.34. The van der Waals surface area contributed by atoms with Crippen LogP contribution in [-0.2, 0) is 0 Å². The molecular weight excluding hydrogens is 278 g/mol. The van der Waals surface area contributed by atoms with E-state index in [4.69, 9.17) is 0 Å². The lowest BCUT2D eigenvalue weighted by atomic mass is 10.1. The molecule has 1 aromatic carbocycles. The van der Waals surface area contributed by atoms with E-state index in [2.05, 4.69) is 20.5 Å². The van der Waals surface area contributed by atoms with Gasteiger partial charge >= 0.3 is 0 Å². The minimum atomic E-state index is 0.0515. The van der Waals surface area contributed by atoms with Gasteiger partial charge in [0, 0.05) is 17.8 Å². The minimum Gasteiger partial charge on any atom is -0.317 e. The number of nitrogens with one attached hydrogen (secondary N) is 2. The van der Waals surface area contributed by atoms with Gasteiger partial charge in [-0.3, -0.25) is 14.5 Å². The molecular formula is C16H17N5O. The van der Waals surface area contributed by atoms with Gasteiger partial charge in [-0.15, -0.1) is 0 Å². The van der Waals surface area contributed by atoms with Crippen LogP contribution in [0.1, 0.15) is 18.9 Å². The predicted molar refractivity (Wildman–Crippen MR) is 84.7 cm³/mol. The number of H-pyrrole nitrogens is 1. The fourth-order valence-corrected chi connectivity index (χ4v) is 3.07. The fraction of sp³-hybridized carbons (Fsp3) is 0.312. The second-order valence-electron chi connectivity index (χ2n) is 5.66. The fourth-order valence-electron chi connectivity index (χ4n) is 3.07. The van der Waals surface area contributed by atoms with E-state index >= 15 is 0 Å². The van der Waals surface area contributed by atoms with Crippen LogP contribution in [0.25, 0.3) is 22.0 Å². The van der Waals surface area contributed by atoms with Crippen molar-refractivity contribution < 1.29 is 0 Å². The van der Waals surface area contributed by atoms with Crippen molar-refractivity contribution in [3.05, 3.63) is 47.3 Å². The molecule has 1 aliphatic rings. The Morgan fingerprint density at radius 1 is 1.18 bits per heavy atom. The largest absolute Gasteiger partial charge is 0.317 e.